The molecule has 0 saturated carbocycles. The molecule has 1 aliphatic heterocycles. The SMILES string of the molecule is O=C(C=Cc1ccccc1)OC1OC1=Cc1ccccc1. The number of carbonyl (C=O) groups is 1. The van der Waals surface area contributed by atoms with Crippen LogP contribution in [0.1, 0.15) is 11.1 Å². The van der Waals surface area contributed by atoms with Crippen molar-refractivity contribution in [1.29, 1.82) is 0 Å². The Balaban J connectivity index is 1.53. The molecular formula is C18H14O3. The normalized spacial score (nSPS) is 18.5. The largest absolute Gasteiger partial charge is 0.444 e. The van der Waals surface area contributed by atoms with Crippen molar-refractivity contribution in [2.45, 2.75) is 6.29 Å². The van der Waals surface area contributed by atoms with Crippen LogP contribution >= 0.6 is 0 Å². The van der Waals surface area contributed by atoms with E-state index in [4.69, 9.17) is 9.47 Å². The topological polar surface area (TPSA) is 38.8 Å². The lowest BCUT2D eigenvalue weighted by atomic mass is 10.2. The molecule has 0 bridgehead atoms. The Hall–Kier alpha value is -2.81. The molecule has 104 valence electrons. The molecule has 1 fully saturated rings. The van der Waals surface area contributed by atoms with E-state index in [1.54, 1.807) is 6.08 Å². The maximum atomic E-state index is 11.6. The van der Waals surface area contributed by atoms with Gasteiger partial charge < -0.3 is 9.47 Å². The summed E-state index contributed by atoms with van der Waals surface area (Å²) in [6.07, 6.45) is 4.42. The van der Waals surface area contributed by atoms with Gasteiger partial charge >= 0.3 is 12.3 Å². The molecule has 1 saturated heterocycles. The Bertz CT molecular complexity index is 672. The maximum absolute atomic E-state index is 11.6. The first-order chi connectivity index (χ1) is 10.3. The predicted octanol–water partition coefficient (Wildman–Crippen LogP) is 3.64. The summed E-state index contributed by atoms with van der Waals surface area (Å²) >= 11 is 0. The highest BCUT2D eigenvalue weighted by Gasteiger charge is 2.36. The van der Waals surface area contributed by atoms with Gasteiger partial charge in [-0.2, -0.15) is 0 Å². The number of benzene rings is 2. The zero-order valence-corrected chi connectivity index (χ0v) is 11.3. The van der Waals surface area contributed by atoms with E-state index < -0.39 is 12.3 Å². The Kier molecular flexibility index (Phi) is 3.83. The van der Waals surface area contributed by atoms with Crippen molar-refractivity contribution in [1.82, 2.24) is 0 Å². The number of rotatable bonds is 4. The molecule has 3 nitrogen and oxygen atoms in total. The fourth-order valence-electron chi connectivity index (χ4n) is 1.86. The van der Waals surface area contributed by atoms with Crippen LogP contribution in [0.2, 0.25) is 0 Å². The number of carbonyl (C=O) groups excluding carboxylic acids is 1. The second-order valence-corrected chi connectivity index (χ2v) is 4.59. The van der Waals surface area contributed by atoms with Crippen molar-refractivity contribution in [3.8, 4) is 0 Å². The third kappa shape index (κ3) is 3.83. The molecule has 0 N–H and O–H groups in total. The number of ether oxygens (including phenoxy) is 2. The van der Waals surface area contributed by atoms with E-state index in [1.165, 1.54) is 6.08 Å². The lowest BCUT2D eigenvalue weighted by Gasteiger charge is -1.94. The Morgan fingerprint density at radius 1 is 0.952 bits per heavy atom. The molecule has 3 heteroatoms. The second kappa shape index (κ2) is 6.09. The predicted molar refractivity (Wildman–Crippen MR) is 80.9 cm³/mol. The molecule has 2 aromatic carbocycles. The molecule has 1 unspecified atom stereocenters. The minimum absolute atomic E-state index is 0.416. The van der Waals surface area contributed by atoms with Crippen LogP contribution in [0.3, 0.4) is 0 Å². The van der Waals surface area contributed by atoms with Crippen LogP contribution in [-0.4, -0.2) is 12.3 Å². The number of esters is 1. The minimum atomic E-state index is -0.557. The Morgan fingerprint density at radius 2 is 1.57 bits per heavy atom. The zero-order valence-electron chi connectivity index (χ0n) is 11.3. The van der Waals surface area contributed by atoms with E-state index in [1.807, 2.05) is 66.7 Å². The van der Waals surface area contributed by atoms with Crippen LogP contribution in [0, 0.1) is 0 Å². The average Bonchev–Trinajstić information content (AvgIpc) is 3.24. The molecule has 0 aliphatic carbocycles. The number of hydrogen-bond donors (Lipinski definition) is 0. The van der Waals surface area contributed by atoms with E-state index in [2.05, 4.69) is 0 Å². The zero-order chi connectivity index (χ0) is 14.5. The van der Waals surface area contributed by atoms with Gasteiger partial charge in [0.15, 0.2) is 5.76 Å². The third-order valence-electron chi connectivity index (χ3n) is 2.96. The number of epoxide rings is 1. The summed E-state index contributed by atoms with van der Waals surface area (Å²) in [7, 11) is 0. The molecule has 0 spiro atoms. The first-order valence-corrected chi connectivity index (χ1v) is 6.68. The molecule has 0 amide bonds. The molecule has 1 heterocycles. The van der Waals surface area contributed by atoms with Gasteiger partial charge in [-0.25, -0.2) is 4.79 Å². The minimum Gasteiger partial charge on any atom is -0.444 e. The van der Waals surface area contributed by atoms with E-state index in [0.717, 1.165) is 11.1 Å². The van der Waals surface area contributed by atoms with E-state index >= 15 is 0 Å². The van der Waals surface area contributed by atoms with Gasteiger partial charge in [0.05, 0.1) is 0 Å². The fourth-order valence-corrected chi connectivity index (χ4v) is 1.86. The van der Waals surface area contributed by atoms with Gasteiger partial charge in [-0.05, 0) is 23.3 Å². The highest BCUT2D eigenvalue weighted by atomic mass is 16.8. The first kappa shape index (κ1) is 13.2. The van der Waals surface area contributed by atoms with Crippen molar-refractivity contribution >= 4 is 18.1 Å². The standard InChI is InChI=1S/C18H14O3/c19-17(12-11-14-7-3-1-4-8-14)21-18-16(20-18)13-15-9-5-2-6-10-15/h1-13,18H. The van der Waals surface area contributed by atoms with Crippen molar-refractivity contribution in [2.24, 2.45) is 0 Å². The van der Waals surface area contributed by atoms with Gasteiger partial charge in [-0.3, -0.25) is 0 Å². The molecule has 0 radical (unpaired) electrons. The quantitative estimate of drug-likeness (QED) is 0.487. The summed E-state index contributed by atoms with van der Waals surface area (Å²) in [4.78, 5) is 11.6. The lowest BCUT2D eigenvalue weighted by molar-refractivity contribution is -0.142. The van der Waals surface area contributed by atoms with Crippen LogP contribution in [0.5, 0.6) is 0 Å². The number of hydrogen-bond acceptors (Lipinski definition) is 3. The first-order valence-electron chi connectivity index (χ1n) is 6.68. The molecule has 21 heavy (non-hydrogen) atoms. The van der Waals surface area contributed by atoms with Gasteiger partial charge in [0.25, 0.3) is 0 Å². The molecular weight excluding hydrogens is 264 g/mol. The van der Waals surface area contributed by atoms with Gasteiger partial charge in [0, 0.05) is 6.08 Å². The van der Waals surface area contributed by atoms with E-state index in [9.17, 15) is 4.79 Å². The smallest absolute Gasteiger partial charge is 0.334 e. The van der Waals surface area contributed by atoms with E-state index in [0.29, 0.717) is 5.76 Å². The summed E-state index contributed by atoms with van der Waals surface area (Å²) in [6.45, 7) is 0. The molecule has 2 aromatic rings. The fraction of sp³-hybridized carbons (Fsp3) is 0.0556. The second-order valence-electron chi connectivity index (χ2n) is 4.59. The van der Waals surface area contributed by atoms with Crippen LogP contribution in [0.25, 0.3) is 12.2 Å². The van der Waals surface area contributed by atoms with Gasteiger partial charge in [-0.1, -0.05) is 60.7 Å². The molecule has 1 aliphatic rings. The van der Waals surface area contributed by atoms with Gasteiger partial charge in [0.2, 0.25) is 0 Å². The van der Waals surface area contributed by atoms with Crippen molar-refractivity contribution in [3.05, 3.63) is 83.6 Å². The van der Waals surface area contributed by atoms with Crippen molar-refractivity contribution < 1.29 is 14.3 Å². The third-order valence-corrected chi connectivity index (χ3v) is 2.96. The summed E-state index contributed by atoms with van der Waals surface area (Å²) in [5.41, 5.74) is 1.97. The Labute approximate surface area is 123 Å². The van der Waals surface area contributed by atoms with Crippen molar-refractivity contribution in [3.63, 3.8) is 0 Å². The van der Waals surface area contributed by atoms with Gasteiger partial charge in [0.1, 0.15) is 0 Å². The Morgan fingerprint density at radius 3 is 2.24 bits per heavy atom. The maximum Gasteiger partial charge on any atom is 0.334 e. The highest BCUT2D eigenvalue weighted by Crippen LogP contribution is 2.30. The van der Waals surface area contributed by atoms with Gasteiger partial charge in [-0.15, -0.1) is 0 Å². The summed E-state index contributed by atoms with van der Waals surface area (Å²) in [6, 6.07) is 19.3. The summed E-state index contributed by atoms with van der Waals surface area (Å²) in [5.74, 6) is 0.253. The summed E-state index contributed by atoms with van der Waals surface area (Å²) in [5, 5.41) is 0. The van der Waals surface area contributed by atoms with Crippen LogP contribution in [-0.2, 0) is 14.3 Å². The lowest BCUT2D eigenvalue weighted by Crippen LogP contribution is -2.02. The van der Waals surface area contributed by atoms with Crippen LogP contribution in [0.4, 0.5) is 0 Å². The molecule has 1 atom stereocenters. The van der Waals surface area contributed by atoms with Crippen LogP contribution < -0.4 is 0 Å². The molecule has 3 rings (SSSR count). The highest BCUT2D eigenvalue weighted by molar-refractivity contribution is 5.87. The van der Waals surface area contributed by atoms with E-state index in [-0.39, 0.29) is 0 Å². The van der Waals surface area contributed by atoms with Crippen LogP contribution in [0.15, 0.2) is 72.5 Å². The monoisotopic (exact) mass is 278 g/mol. The molecule has 0 aromatic heterocycles. The summed E-state index contributed by atoms with van der Waals surface area (Å²) < 4.78 is 10.4. The average molecular weight is 278 g/mol. The van der Waals surface area contributed by atoms with Crippen molar-refractivity contribution in [2.75, 3.05) is 0 Å².